The van der Waals surface area contributed by atoms with Gasteiger partial charge in [0, 0.05) is 50.4 Å². The molecule has 0 aliphatic carbocycles. The van der Waals surface area contributed by atoms with Crippen molar-refractivity contribution in [3.05, 3.63) is 83.3 Å². The Kier molecular flexibility index (Phi) is 8.31. The lowest BCUT2D eigenvalue weighted by Crippen LogP contribution is -2.27. The van der Waals surface area contributed by atoms with E-state index >= 15 is 0 Å². The van der Waals surface area contributed by atoms with Crippen LogP contribution in [0.5, 0.6) is 0 Å². The third-order valence-corrected chi connectivity index (χ3v) is 6.42. The molecule has 0 atom stereocenters. The van der Waals surface area contributed by atoms with Crippen molar-refractivity contribution in [3.63, 3.8) is 0 Å². The van der Waals surface area contributed by atoms with Crippen LogP contribution in [0.1, 0.15) is 41.4 Å². The van der Waals surface area contributed by atoms with Crippen molar-refractivity contribution >= 4 is 16.9 Å². The summed E-state index contributed by atoms with van der Waals surface area (Å²) < 4.78 is 16.1. The van der Waals surface area contributed by atoms with Gasteiger partial charge in [-0.05, 0) is 51.7 Å². The maximum absolute atomic E-state index is 14.3. The van der Waals surface area contributed by atoms with Crippen LogP contribution in [0.25, 0.3) is 22.3 Å². The second-order valence-electron chi connectivity index (χ2n) is 9.77. The van der Waals surface area contributed by atoms with Gasteiger partial charge >= 0.3 is 0 Å². The lowest BCUT2D eigenvalue weighted by Gasteiger charge is -2.19. The second-order valence-corrected chi connectivity index (χ2v) is 9.77. The van der Waals surface area contributed by atoms with Crippen molar-refractivity contribution < 1.29 is 9.18 Å². The Balaban J connectivity index is 1.73. The standard InChI is InChI=1S/C29H35FN6O/c1-20(2)36-28-25(17-32-36)24(29(37)35(5)19-23-10-6-7-12-26(23)30)16-27(33-28)22-11-8-9-21(15-22)18-34(4)14-13-31-3/h6-12,15-17,20,31H,13-14,18-19H2,1-5H3. The number of carbonyl (C=O) groups excluding carboxylic acids is 1. The van der Waals surface area contributed by atoms with Gasteiger partial charge in [0.05, 0.1) is 22.8 Å². The average molecular weight is 503 g/mol. The van der Waals surface area contributed by atoms with E-state index in [1.54, 1.807) is 31.4 Å². The minimum atomic E-state index is -0.327. The summed E-state index contributed by atoms with van der Waals surface area (Å²) in [5.74, 6) is -0.532. The number of nitrogens with zero attached hydrogens (tertiary/aromatic N) is 5. The summed E-state index contributed by atoms with van der Waals surface area (Å²) in [6.45, 7) is 6.89. The molecule has 0 saturated heterocycles. The van der Waals surface area contributed by atoms with Gasteiger partial charge in [0.25, 0.3) is 5.91 Å². The molecule has 0 spiro atoms. The van der Waals surface area contributed by atoms with E-state index in [2.05, 4.69) is 34.5 Å². The van der Waals surface area contributed by atoms with Gasteiger partial charge < -0.3 is 15.1 Å². The van der Waals surface area contributed by atoms with Crippen LogP contribution >= 0.6 is 0 Å². The Hall–Kier alpha value is -3.62. The van der Waals surface area contributed by atoms with E-state index in [1.807, 2.05) is 43.8 Å². The number of amides is 1. The van der Waals surface area contributed by atoms with Gasteiger partial charge in [0.1, 0.15) is 5.82 Å². The predicted molar refractivity (Wildman–Crippen MR) is 146 cm³/mol. The first-order valence-corrected chi connectivity index (χ1v) is 12.6. The van der Waals surface area contributed by atoms with Gasteiger partial charge in [-0.3, -0.25) is 4.79 Å². The van der Waals surface area contributed by atoms with Crippen LogP contribution in [0.15, 0.2) is 60.8 Å². The fourth-order valence-corrected chi connectivity index (χ4v) is 4.40. The molecule has 0 saturated carbocycles. The number of pyridine rings is 1. The van der Waals surface area contributed by atoms with Crippen LogP contribution in [-0.4, -0.2) is 64.7 Å². The monoisotopic (exact) mass is 502 g/mol. The number of carbonyl (C=O) groups is 1. The van der Waals surface area contributed by atoms with E-state index < -0.39 is 0 Å². The van der Waals surface area contributed by atoms with Crippen LogP contribution in [0.3, 0.4) is 0 Å². The molecule has 7 nitrogen and oxygen atoms in total. The van der Waals surface area contributed by atoms with Crippen LogP contribution in [0, 0.1) is 5.82 Å². The van der Waals surface area contributed by atoms with Gasteiger partial charge in [-0.25, -0.2) is 14.1 Å². The number of hydrogen-bond acceptors (Lipinski definition) is 5. The highest BCUT2D eigenvalue weighted by atomic mass is 19.1. The Morgan fingerprint density at radius 3 is 2.59 bits per heavy atom. The first-order valence-electron chi connectivity index (χ1n) is 12.6. The van der Waals surface area contributed by atoms with Crippen LogP contribution in [0.2, 0.25) is 0 Å². The van der Waals surface area contributed by atoms with Crippen molar-refractivity contribution in [1.29, 1.82) is 0 Å². The molecule has 194 valence electrons. The third kappa shape index (κ3) is 6.03. The zero-order valence-electron chi connectivity index (χ0n) is 22.2. The zero-order valence-corrected chi connectivity index (χ0v) is 22.2. The first kappa shape index (κ1) is 26.4. The molecule has 0 radical (unpaired) electrons. The summed E-state index contributed by atoms with van der Waals surface area (Å²) in [5.41, 5.74) is 4.44. The van der Waals surface area contributed by atoms with Gasteiger partial charge in [0.2, 0.25) is 0 Å². The SMILES string of the molecule is CNCCN(C)Cc1cccc(-c2cc(C(=O)N(C)Cc3ccccc3F)c3cnn(C(C)C)c3n2)c1. The minimum Gasteiger partial charge on any atom is -0.337 e. The molecule has 4 rings (SSSR count). The fraction of sp³-hybridized carbons (Fsp3) is 0.345. The maximum Gasteiger partial charge on any atom is 0.254 e. The van der Waals surface area contributed by atoms with Crippen LogP contribution in [0.4, 0.5) is 4.39 Å². The molecule has 2 aromatic carbocycles. The number of halogens is 1. The molecule has 1 N–H and O–H groups in total. The summed E-state index contributed by atoms with van der Waals surface area (Å²) in [7, 11) is 5.73. The highest BCUT2D eigenvalue weighted by molar-refractivity contribution is 6.06. The molecule has 8 heteroatoms. The highest BCUT2D eigenvalue weighted by Crippen LogP contribution is 2.28. The van der Waals surface area contributed by atoms with E-state index in [-0.39, 0.29) is 24.3 Å². The Morgan fingerprint density at radius 2 is 1.86 bits per heavy atom. The van der Waals surface area contributed by atoms with E-state index in [0.717, 1.165) is 25.2 Å². The molecule has 4 aromatic rings. The number of benzene rings is 2. The number of rotatable bonds is 10. The van der Waals surface area contributed by atoms with Gasteiger partial charge in [-0.15, -0.1) is 0 Å². The van der Waals surface area contributed by atoms with Crippen molar-refractivity contribution in [3.8, 4) is 11.3 Å². The van der Waals surface area contributed by atoms with Crippen molar-refractivity contribution in [2.75, 3.05) is 34.2 Å². The Morgan fingerprint density at radius 1 is 1.08 bits per heavy atom. The van der Waals surface area contributed by atoms with Gasteiger partial charge in [-0.2, -0.15) is 5.10 Å². The number of nitrogens with one attached hydrogen (secondary N) is 1. The molecule has 2 heterocycles. The van der Waals surface area contributed by atoms with E-state index in [0.29, 0.717) is 27.9 Å². The van der Waals surface area contributed by atoms with Crippen molar-refractivity contribution in [2.45, 2.75) is 33.0 Å². The molecular formula is C29H35FN6O. The summed E-state index contributed by atoms with van der Waals surface area (Å²) in [6.07, 6.45) is 1.70. The maximum atomic E-state index is 14.3. The van der Waals surface area contributed by atoms with Crippen molar-refractivity contribution in [2.24, 2.45) is 0 Å². The van der Waals surface area contributed by atoms with Gasteiger partial charge in [0.15, 0.2) is 5.65 Å². The zero-order chi connectivity index (χ0) is 26.5. The molecular weight excluding hydrogens is 467 g/mol. The number of hydrogen-bond donors (Lipinski definition) is 1. The number of aromatic nitrogens is 3. The highest BCUT2D eigenvalue weighted by Gasteiger charge is 2.22. The van der Waals surface area contributed by atoms with Crippen LogP contribution < -0.4 is 5.32 Å². The predicted octanol–water partition coefficient (Wildman–Crippen LogP) is 4.74. The first-order chi connectivity index (χ1) is 17.8. The second kappa shape index (κ2) is 11.6. The molecule has 0 aliphatic heterocycles. The quantitative estimate of drug-likeness (QED) is 0.339. The third-order valence-electron chi connectivity index (χ3n) is 6.42. The molecule has 1 amide bonds. The lowest BCUT2D eigenvalue weighted by molar-refractivity contribution is 0.0785. The normalized spacial score (nSPS) is 11.6. The number of fused-ring (bicyclic) bond motifs is 1. The van der Waals surface area contributed by atoms with E-state index in [9.17, 15) is 9.18 Å². The Labute approximate surface area is 217 Å². The van der Waals surface area contributed by atoms with Crippen molar-refractivity contribution in [1.82, 2.24) is 29.9 Å². The number of likely N-dealkylation sites (N-methyl/N-ethyl adjacent to an activating group) is 2. The topological polar surface area (TPSA) is 66.3 Å². The minimum absolute atomic E-state index is 0.0755. The average Bonchev–Trinajstić information content (AvgIpc) is 3.32. The Bertz CT molecular complexity index is 1380. The summed E-state index contributed by atoms with van der Waals surface area (Å²) in [5, 5.41) is 8.39. The van der Waals surface area contributed by atoms with Gasteiger partial charge in [-0.1, -0.05) is 36.4 Å². The fourth-order valence-electron chi connectivity index (χ4n) is 4.40. The van der Waals surface area contributed by atoms with Crippen LogP contribution in [-0.2, 0) is 13.1 Å². The molecule has 0 bridgehead atoms. The molecule has 0 fully saturated rings. The molecule has 0 unspecified atom stereocenters. The smallest absolute Gasteiger partial charge is 0.254 e. The molecule has 37 heavy (non-hydrogen) atoms. The summed E-state index contributed by atoms with van der Waals surface area (Å²) in [6, 6.07) is 16.7. The van der Waals surface area contributed by atoms with E-state index in [4.69, 9.17) is 4.98 Å². The summed E-state index contributed by atoms with van der Waals surface area (Å²) in [4.78, 5) is 22.4. The van der Waals surface area contributed by atoms with E-state index in [1.165, 1.54) is 16.5 Å². The molecule has 2 aromatic heterocycles. The summed E-state index contributed by atoms with van der Waals surface area (Å²) >= 11 is 0. The largest absolute Gasteiger partial charge is 0.337 e. The lowest BCUT2D eigenvalue weighted by atomic mass is 10.0. The molecule has 0 aliphatic rings.